The Morgan fingerprint density at radius 3 is 3.00 bits per heavy atom. The number of ketones is 1. The number of ether oxygens (including phenoxy) is 1. The van der Waals surface area contributed by atoms with E-state index in [1.165, 1.54) is 0 Å². The van der Waals surface area contributed by atoms with Gasteiger partial charge in [-0.05, 0) is 12.1 Å². The van der Waals surface area contributed by atoms with Gasteiger partial charge in [-0.15, -0.1) is 0 Å². The zero-order chi connectivity index (χ0) is 14.5. The Labute approximate surface area is 128 Å². The molecule has 4 nitrogen and oxygen atoms in total. The van der Waals surface area contributed by atoms with Crippen molar-refractivity contribution in [1.29, 1.82) is 0 Å². The molecule has 1 N–H and O–H groups in total. The molecule has 0 amide bonds. The third kappa shape index (κ3) is 3.93. The van der Waals surface area contributed by atoms with Crippen LogP contribution in [-0.4, -0.2) is 54.7 Å². The topological polar surface area (TPSA) is 49.8 Å². The Morgan fingerprint density at radius 2 is 2.25 bits per heavy atom. The van der Waals surface area contributed by atoms with E-state index in [9.17, 15) is 4.79 Å². The first-order valence-corrected chi connectivity index (χ1v) is 7.29. The van der Waals surface area contributed by atoms with Crippen LogP contribution in [0, 0.1) is 0 Å². The van der Waals surface area contributed by atoms with E-state index >= 15 is 0 Å². The lowest BCUT2D eigenvalue weighted by atomic mass is 10.1. The number of hydrogen-bond acceptors (Lipinski definition) is 4. The first kappa shape index (κ1) is 15.7. The Balaban J connectivity index is 1.90. The minimum absolute atomic E-state index is 0.00453. The molecule has 1 aliphatic heterocycles. The molecule has 1 aliphatic rings. The van der Waals surface area contributed by atoms with Crippen LogP contribution >= 0.6 is 23.2 Å². The second-order valence-corrected chi connectivity index (χ2v) is 5.54. The normalized spacial score (nSPS) is 20.1. The van der Waals surface area contributed by atoms with E-state index < -0.39 is 0 Å². The van der Waals surface area contributed by atoms with Crippen LogP contribution in [0.25, 0.3) is 0 Å². The van der Waals surface area contributed by atoms with Crippen LogP contribution in [0.3, 0.4) is 0 Å². The molecule has 0 saturated carbocycles. The first-order chi connectivity index (χ1) is 9.61. The number of benzene rings is 1. The summed E-state index contributed by atoms with van der Waals surface area (Å²) >= 11 is 11.9. The number of rotatable bonds is 5. The van der Waals surface area contributed by atoms with E-state index in [1.54, 1.807) is 18.2 Å². The average molecular weight is 318 g/mol. The van der Waals surface area contributed by atoms with Crippen LogP contribution in [0.4, 0.5) is 0 Å². The zero-order valence-electron chi connectivity index (χ0n) is 11.0. The summed E-state index contributed by atoms with van der Waals surface area (Å²) < 4.78 is 5.37. The number of Topliss-reactive ketones (excluding diaryl/α,β-unsaturated/α-hetero) is 1. The number of morpholine rings is 1. The molecule has 0 bridgehead atoms. The Morgan fingerprint density at radius 1 is 1.45 bits per heavy atom. The third-order valence-electron chi connectivity index (χ3n) is 3.33. The van der Waals surface area contributed by atoms with Gasteiger partial charge in [0.1, 0.15) is 0 Å². The highest BCUT2D eigenvalue weighted by Gasteiger charge is 2.21. The molecule has 6 heteroatoms. The molecule has 1 heterocycles. The number of carbonyl (C=O) groups is 1. The number of nitrogens with zero attached hydrogens (tertiary/aromatic N) is 1. The fourth-order valence-electron chi connectivity index (χ4n) is 2.21. The predicted octanol–water partition coefficient (Wildman–Crippen LogP) is 2.26. The summed E-state index contributed by atoms with van der Waals surface area (Å²) in [5, 5.41) is 9.79. The second kappa shape index (κ2) is 7.38. The monoisotopic (exact) mass is 317 g/mol. The van der Waals surface area contributed by atoms with Crippen LogP contribution in [0.5, 0.6) is 0 Å². The molecule has 1 aromatic carbocycles. The van der Waals surface area contributed by atoms with Gasteiger partial charge in [0.05, 0.1) is 29.4 Å². The molecule has 1 aromatic rings. The van der Waals surface area contributed by atoms with Gasteiger partial charge in [0.2, 0.25) is 0 Å². The lowest BCUT2D eigenvalue weighted by Gasteiger charge is -2.31. The van der Waals surface area contributed by atoms with Gasteiger partial charge in [-0.3, -0.25) is 9.69 Å². The highest BCUT2D eigenvalue weighted by Crippen LogP contribution is 2.26. The molecule has 1 atom stereocenters. The van der Waals surface area contributed by atoms with E-state index in [0.29, 0.717) is 41.7 Å². The highest BCUT2D eigenvalue weighted by molar-refractivity contribution is 6.43. The lowest BCUT2D eigenvalue weighted by Crippen LogP contribution is -2.44. The minimum Gasteiger partial charge on any atom is -0.394 e. The van der Waals surface area contributed by atoms with Gasteiger partial charge in [-0.1, -0.05) is 29.3 Å². The van der Waals surface area contributed by atoms with Crippen molar-refractivity contribution in [2.45, 2.75) is 12.5 Å². The molecule has 0 spiro atoms. The minimum atomic E-state index is -0.159. The molecule has 0 radical (unpaired) electrons. The zero-order valence-corrected chi connectivity index (χ0v) is 12.5. The molecule has 2 rings (SSSR count). The van der Waals surface area contributed by atoms with Gasteiger partial charge in [0, 0.05) is 31.6 Å². The van der Waals surface area contributed by atoms with Crippen LogP contribution in [0.15, 0.2) is 18.2 Å². The Kier molecular flexibility index (Phi) is 5.81. The van der Waals surface area contributed by atoms with Crippen molar-refractivity contribution in [3.05, 3.63) is 33.8 Å². The second-order valence-electron chi connectivity index (χ2n) is 4.75. The van der Waals surface area contributed by atoms with Gasteiger partial charge < -0.3 is 9.84 Å². The van der Waals surface area contributed by atoms with Crippen LogP contribution < -0.4 is 0 Å². The van der Waals surface area contributed by atoms with Crippen molar-refractivity contribution in [3.8, 4) is 0 Å². The third-order valence-corrected chi connectivity index (χ3v) is 4.15. The largest absolute Gasteiger partial charge is 0.394 e. The van der Waals surface area contributed by atoms with E-state index in [4.69, 9.17) is 33.0 Å². The van der Waals surface area contributed by atoms with Crippen LogP contribution in [-0.2, 0) is 4.74 Å². The highest BCUT2D eigenvalue weighted by atomic mass is 35.5. The lowest BCUT2D eigenvalue weighted by molar-refractivity contribution is -0.0523. The summed E-state index contributed by atoms with van der Waals surface area (Å²) in [6.45, 7) is 2.63. The molecule has 0 aromatic heterocycles. The summed E-state index contributed by atoms with van der Waals surface area (Å²) in [4.78, 5) is 14.3. The fraction of sp³-hybridized carbons (Fsp3) is 0.500. The van der Waals surface area contributed by atoms with Crippen molar-refractivity contribution >= 4 is 29.0 Å². The Hall–Kier alpha value is -0.650. The summed E-state index contributed by atoms with van der Waals surface area (Å²) in [6.07, 6.45) is 0.215. The summed E-state index contributed by atoms with van der Waals surface area (Å²) in [5.74, 6) is -0.0236. The maximum absolute atomic E-state index is 12.2. The van der Waals surface area contributed by atoms with E-state index in [-0.39, 0.29) is 18.5 Å². The van der Waals surface area contributed by atoms with Crippen LogP contribution in [0.2, 0.25) is 10.0 Å². The van der Waals surface area contributed by atoms with E-state index in [0.717, 1.165) is 6.54 Å². The quantitative estimate of drug-likeness (QED) is 0.846. The van der Waals surface area contributed by atoms with Crippen molar-refractivity contribution in [1.82, 2.24) is 4.90 Å². The van der Waals surface area contributed by atoms with Crippen molar-refractivity contribution in [2.24, 2.45) is 0 Å². The SMILES string of the molecule is O=C(CCN1CCOC(CO)C1)c1cccc(Cl)c1Cl. The number of halogens is 2. The standard InChI is InChI=1S/C14H17Cl2NO3/c15-12-3-1-2-11(14(12)16)13(19)4-5-17-6-7-20-10(8-17)9-18/h1-3,10,18H,4-9H2. The molecule has 20 heavy (non-hydrogen) atoms. The molecular formula is C14H17Cl2NO3. The summed E-state index contributed by atoms with van der Waals surface area (Å²) in [5.41, 5.74) is 0.464. The maximum atomic E-state index is 12.2. The van der Waals surface area contributed by atoms with Gasteiger partial charge in [-0.2, -0.15) is 0 Å². The Bertz CT molecular complexity index is 481. The number of aliphatic hydroxyl groups excluding tert-OH is 1. The molecule has 110 valence electrons. The predicted molar refractivity (Wildman–Crippen MR) is 78.7 cm³/mol. The number of hydrogen-bond donors (Lipinski definition) is 1. The molecule has 1 unspecified atom stereocenters. The first-order valence-electron chi connectivity index (χ1n) is 6.54. The van der Waals surface area contributed by atoms with Gasteiger partial charge in [0.25, 0.3) is 0 Å². The van der Waals surface area contributed by atoms with Crippen molar-refractivity contribution < 1.29 is 14.6 Å². The van der Waals surface area contributed by atoms with Gasteiger partial charge >= 0.3 is 0 Å². The maximum Gasteiger partial charge on any atom is 0.165 e. The number of carbonyl (C=O) groups excluding carboxylic acids is 1. The molecular weight excluding hydrogens is 301 g/mol. The molecule has 0 aliphatic carbocycles. The van der Waals surface area contributed by atoms with Crippen LogP contribution in [0.1, 0.15) is 16.8 Å². The smallest absolute Gasteiger partial charge is 0.165 e. The summed E-state index contributed by atoms with van der Waals surface area (Å²) in [7, 11) is 0. The van der Waals surface area contributed by atoms with E-state index in [1.807, 2.05) is 0 Å². The molecule has 1 fully saturated rings. The van der Waals surface area contributed by atoms with Crippen molar-refractivity contribution in [3.63, 3.8) is 0 Å². The number of aliphatic hydroxyl groups is 1. The van der Waals surface area contributed by atoms with Gasteiger partial charge in [0.15, 0.2) is 5.78 Å². The molecule has 1 saturated heterocycles. The fourth-order valence-corrected chi connectivity index (χ4v) is 2.61. The summed E-state index contributed by atoms with van der Waals surface area (Å²) in [6, 6.07) is 5.07. The van der Waals surface area contributed by atoms with E-state index in [2.05, 4.69) is 4.90 Å². The average Bonchev–Trinajstić information content (AvgIpc) is 2.48. The van der Waals surface area contributed by atoms with Gasteiger partial charge in [-0.25, -0.2) is 0 Å². The van der Waals surface area contributed by atoms with Crippen molar-refractivity contribution in [2.75, 3.05) is 32.8 Å².